The van der Waals surface area contributed by atoms with Crippen molar-refractivity contribution in [3.8, 4) is 22.5 Å². The second kappa shape index (κ2) is 9.76. The fourth-order valence-electron chi connectivity index (χ4n) is 3.82. The molecule has 0 aliphatic rings. The molecule has 35 heavy (non-hydrogen) atoms. The van der Waals surface area contributed by atoms with Gasteiger partial charge in [0.2, 0.25) is 0 Å². The molecule has 2 heterocycles. The normalized spacial score (nSPS) is 11.1. The number of pyridine rings is 1. The number of benzene rings is 3. The van der Waals surface area contributed by atoms with Crippen molar-refractivity contribution in [2.24, 2.45) is 0 Å². The molecule has 0 bridgehead atoms. The van der Waals surface area contributed by atoms with E-state index in [1.165, 1.54) is 11.3 Å². The Kier molecular flexibility index (Phi) is 6.71. The molecule has 5 rings (SSSR count). The van der Waals surface area contributed by atoms with Crippen molar-refractivity contribution in [2.75, 3.05) is 5.32 Å². The molecule has 0 aliphatic heterocycles. The molecule has 4 nitrogen and oxygen atoms in total. The highest BCUT2D eigenvalue weighted by atomic mass is 35.5. The Morgan fingerprint density at radius 1 is 0.886 bits per heavy atom. The summed E-state index contributed by atoms with van der Waals surface area (Å²) in [6.07, 6.45) is 0. The lowest BCUT2D eigenvalue weighted by atomic mass is 9.97. The second-order valence-electron chi connectivity index (χ2n) is 7.72. The van der Waals surface area contributed by atoms with E-state index >= 15 is 0 Å². The SMILES string of the molecule is Cc1c(-c2ccc(Cl)cc2Cl)nc2ccccc2c1C(=O)Nc1nc(-c2ccc(Cl)c(Cl)c2)cs1. The first-order valence-electron chi connectivity index (χ1n) is 10.4. The minimum absolute atomic E-state index is 0.289. The molecule has 0 radical (unpaired) electrons. The molecule has 0 aliphatic carbocycles. The van der Waals surface area contributed by atoms with Gasteiger partial charge < -0.3 is 0 Å². The summed E-state index contributed by atoms with van der Waals surface area (Å²) in [6, 6.07) is 18.0. The van der Waals surface area contributed by atoms with Gasteiger partial charge in [0.15, 0.2) is 5.13 Å². The number of carbonyl (C=O) groups is 1. The van der Waals surface area contributed by atoms with Crippen molar-refractivity contribution in [1.82, 2.24) is 9.97 Å². The zero-order valence-corrected chi connectivity index (χ0v) is 21.9. The summed E-state index contributed by atoms with van der Waals surface area (Å²) in [5, 5.41) is 7.88. The third kappa shape index (κ3) is 4.75. The van der Waals surface area contributed by atoms with Crippen LogP contribution in [0.4, 0.5) is 5.13 Å². The molecule has 1 N–H and O–H groups in total. The number of nitrogens with zero attached hydrogens (tertiary/aromatic N) is 2. The van der Waals surface area contributed by atoms with Gasteiger partial charge in [0.1, 0.15) is 0 Å². The van der Waals surface area contributed by atoms with E-state index in [0.717, 1.165) is 10.9 Å². The van der Waals surface area contributed by atoms with E-state index in [0.29, 0.717) is 58.8 Å². The van der Waals surface area contributed by atoms with Crippen LogP contribution in [0.15, 0.2) is 66.0 Å². The van der Waals surface area contributed by atoms with Crippen LogP contribution in [-0.4, -0.2) is 15.9 Å². The zero-order chi connectivity index (χ0) is 24.7. The predicted molar refractivity (Wildman–Crippen MR) is 147 cm³/mol. The molecule has 0 saturated carbocycles. The highest BCUT2D eigenvalue weighted by Gasteiger charge is 2.21. The Bertz CT molecular complexity index is 1620. The van der Waals surface area contributed by atoms with Crippen LogP contribution in [0.3, 0.4) is 0 Å². The summed E-state index contributed by atoms with van der Waals surface area (Å²) in [4.78, 5) is 22.9. The number of thiazole rings is 1. The van der Waals surface area contributed by atoms with Crippen LogP contribution in [0.1, 0.15) is 15.9 Å². The van der Waals surface area contributed by atoms with Crippen molar-refractivity contribution in [1.29, 1.82) is 0 Å². The van der Waals surface area contributed by atoms with E-state index in [4.69, 9.17) is 51.4 Å². The molecule has 174 valence electrons. The monoisotopic (exact) mass is 557 g/mol. The van der Waals surface area contributed by atoms with Crippen LogP contribution >= 0.6 is 57.7 Å². The number of halogens is 4. The first kappa shape index (κ1) is 24.0. The number of carbonyl (C=O) groups excluding carboxylic acids is 1. The van der Waals surface area contributed by atoms with E-state index in [1.54, 1.807) is 30.3 Å². The smallest absolute Gasteiger partial charge is 0.258 e. The molecule has 9 heteroatoms. The Labute approximate surface area is 225 Å². The van der Waals surface area contributed by atoms with Crippen molar-refractivity contribution < 1.29 is 4.79 Å². The molecule has 0 unspecified atom stereocenters. The van der Waals surface area contributed by atoms with E-state index in [9.17, 15) is 4.79 Å². The molecule has 1 amide bonds. The summed E-state index contributed by atoms with van der Waals surface area (Å²) in [7, 11) is 0. The number of hydrogen-bond acceptors (Lipinski definition) is 4. The fourth-order valence-corrected chi connectivity index (χ4v) is 5.33. The number of para-hydroxylation sites is 1. The molecule has 5 aromatic rings. The van der Waals surface area contributed by atoms with E-state index in [2.05, 4.69) is 10.3 Å². The van der Waals surface area contributed by atoms with E-state index in [-0.39, 0.29) is 5.91 Å². The first-order chi connectivity index (χ1) is 16.8. The van der Waals surface area contributed by atoms with Crippen molar-refractivity contribution in [3.63, 3.8) is 0 Å². The fraction of sp³-hybridized carbons (Fsp3) is 0.0385. The maximum atomic E-state index is 13.6. The number of aromatic nitrogens is 2. The summed E-state index contributed by atoms with van der Waals surface area (Å²) < 4.78 is 0. The van der Waals surface area contributed by atoms with Gasteiger partial charge in [-0.2, -0.15) is 0 Å². The lowest BCUT2D eigenvalue weighted by Crippen LogP contribution is -2.15. The van der Waals surface area contributed by atoms with Crippen molar-refractivity contribution >= 4 is 79.7 Å². The Morgan fingerprint density at radius 2 is 1.69 bits per heavy atom. The van der Waals surface area contributed by atoms with Crippen LogP contribution in [-0.2, 0) is 0 Å². The minimum Gasteiger partial charge on any atom is -0.298 e. The number of hydrogen-bond donors (Lipinski definition) is 1. The average molecular weight is 559 g/mol. The van der Waals surface area contributed by atoms with Gasteiger partial charge in [-0.25, -0.2) is 9.97 Å². The maximum Gasteiger partial charge on any atom is 0.258 e. The highest BCUT2D eigenvalue weighted by molar-refractivity contribution is 7.14. The van der Waals surface area contributed by atoms with Crippen LogP contribution in [0, 0.1) is 6.92 Å². The molecule has 3 aromatic carbocycles. The van der Waals surface area contributed by atoms with Gasteiger partial charge in [0.25, 0.3) is 5.91 Å². The molecule has 0 atom stereocenters. The molecular weight excluding hydrogens is 544 g/mol. The zero-order valence-electron chi connectivity index (χ0n) is 18.1. The third-order valence-electron chi connectivity index (χ3n) is 5.49. The van der Waals surface area contributed by atoms with Crippen LogP contribution in [0.5, 0.6) is 0 Å². The molecule has 0 saturated heterocycles. The molecule has 0 fully saturated rings. The number of amides is 1. The van der Waals surface area contributed by atoms with Crippen molar-refractivity contribution in [3.05, 3.63) is 97.3 Å². The van der Waals surface area contributed by atoms with E-state index in [1.807, 2.05) is 42.6 Å². The third-order valence-corrected chi connectivity index (χ3v) is 7.53. The van der Waals surface area contributed by atoms with Gasteiger partial charge in [-0.3, -0.25) is 10.1 Å². The largest absolute Gasteiger partial charge is 0.298 e. The predicted octanol–water partition coefficient (Wildman–Crippen LogP) is 9.20. The van der Waals surface area contributed by atoms with Crippen molar-refractivity contribution in [2.45, 2.75) is 6.92 Å². The van der Waals surface area contributed by atoms with Gasteiger partial charge in [-0.15, -0.1) is 11.3 Å². The summed E-state index contributed by atoms with van der Waals surface area (Å²) >= 11 is 26.1. The summed E-state index contributed by atoms with van der Waals surface area (Å²) in [5.74, 6) is -0.289. The Hall–Kier alpha value is -2.67. The van der Waals surface area contributed by atoms with Gasteiger partial charge >= 0.3 is 0 Å². The second-order valence-corrected chi connectivity index (χ2v) is 10.2. The minimum atomic E-state index is -0.289. The van der Waals surface area contributed by atoms with Crippen LogP contribution < -0.4 is 5.32 Å². The molecule has 2 aromatic heterocycles. The molecular formula is C26H15Cl4N3OS. The molecule has 0 spiro atoms. The highest BCUT2D eigenvalue weighted by Crippen LogP contribution is 2.36. The number of rotatable bonds is 4. The van der Waals surface area contributed by atoms with E-state index < -0.39 is 0 Å². The maximum absolute atomic E-state index is 13.6. The first-order valence-corrected chi connectivity index (χ1v) is 12.8. The quantitative estimate of drug-likeness (QED) is 0.239. The Morgan fingerprint density at radius 3 is 2.46 bits per heavy atom. The van der Waals surface area contributed by atoms with Crippen LogP contribution in [0.25, 0.3) is 33.4 Å². The van der Waals surface area contributed by atoms with Gasteiger partial charge in [0.05, 0.1) is 37.5 Å². The number of nitrogens with one attached hydrogen (secondary N) is 1. The van der Waals surface area contributed by atoms with Crippen LogP contribution in [0.2, 0.25) is 20.1 Å². The summed E-state index contributed by atoms with van der Waals surface area (Å²) in [5.41, 5.74) is 4.69. The lowest BCUT2D eigenvalue weighted by molar-refractivity contribution is 0.102. The summed E-state index contributed by atoms with van der Waals surface area (Å²) in [6.45, 7) is 1.86. The Balaban J connectivity index is 1.55. The standard InChI is InChI=1S/C26H15Cl4N3OS/c1-13-23(25(34)33-26-32-22(12-35-26)14-6-9-18(28)20(30)10-14)17-4-2-3-5-21(17)31-24(13)16-8-7-15(27)11-19(16)29/h2-12H,1H3,(H,32,33,34). The lowest BCUT2D eigenvalue weighted by Gasteiger charge is -2.15. The van der Waals surface area contributed by atoms with Gasteiger partial charge in [0, 0.05) is 26.9 Å². The topological polar surface area (TPSA) is 54.9 Å². The van der Waals surface area contributed by atoms with Gasteiger partial charge in [-0.1, -0.05) is 70.7 Å². The average Bonchev–Trinajstić information content (AvgIpc) is 3.29. The van der Waals surface area contributed by atoms with Gasteiger partial charge in [-0.05, 0) is 48.9 Å². The number of fused-ring (bicyclic) bond motifs is 1. The number of anilines is 1.